The van der Waals surface area contributed by atoms with Crippen LogP contribution in [0.15, 0.2) is 24.3 Å². The van der Waals surface area contributed by atoms with Crippen LogP contribution < -0.4 is 15.5 Å². The summed E-state index contributed by atoms with van der Waals surface area (Å²) >= 11 is 0. The van der Waals surface area contributed by atoms with Gasteiger partial charge in [-0.05, 0) is 31.0 Å². The number of carbonyl (C=O) groups is 3. The highest BCUT2D eigenvalue weighted by atomic mass is 16.5. The van der Waals surface area contributed by atoms with Crippen LogP contribution in [-0.2, 0) is 19.1 Å². The van der Waals surface area contributed by atoms with Crippen molar-refractivity contribution in [2.45, 2.75) is 39.2 Å². The molecule has 1 aromatic carbocycles. The van der Waals surface area contributed by atoms with Gasteiger partial charge in [-0.25, -0.2) is 0 Å². The predicted octanol–water partition coefficient (Wildman–Crippen LogP) is 1.68. The van der Waals surface area contributed by atoms with Gasteiger partial charge in [-0.3, -0.25) is 14.4 Å². The Labute approximate surface area is 147 Å². The van der Waals surface area contributed by atoms with E-state index in [0.717, 1.165) is 19.4 Å². The monoisotopic (exact) mass is 347 g/mol. The van der Waals surface area contributed by atoms with Crippen LogP contribution in [0, 0.1) is 0 Å². The zero-order chi connectivity index (χ0) is 18.2. The van der Waals surface area contributed by atoms with Gasteiger partial charge in [0.2, 0.25) is 17.7 Å². The van der Waals surface area contributed by atoms with E-state index in [0.29, 0.717) is 17.9 Å². The third-order valence-corrected chi connectivity index (χ3v) is 3.97. The van der Waals surface area contributed by atoms with Crippen molar-refractivity contribution in [2.75, 3.05) is 29.9 Å². The number of amides is 3. The minimum absolute atomic E-state index is 0.0993. The minimum Gasteiger partial charge on any atom is -0.376 e. The van der Waals surface area contributed by atoms with Crippen molar-refractivity contribution in [3.05, 3.63) is 24.3 Å². The second-order valence-corrected chi connectivity index (χ2v) is 6.09. The number of hydrogen-bond donors (Lipinski definition) is 2. The number of ether oxygens (including phenoxy) is 1. The third-order valence-electron chi connectivity index (χ3n) is 3.97. The Morgan fingerprint density at radius 3 is 2.72 bits per heavy atom. The molecule has 7 heteroatoms. The fraction of sp³-hybridized carbons (Fsp3) is 0.500. The summed E-state index contributed by atoms with van der Waals surface area (Å²) in [6, 6.07) is 7.00. The summed E-state index contributed by atoms with van der Waals surface area (Å²) < 4.78 is 5.47. The number of anilines is 2. The van der Waals surface area contributed by atoms with Crippen molar-refractivity contribution in [3.63, 3.8) is 0 Å². The van der Waals surface area contributed by atoms with Gasteiger partial charge in [0.05, 0.1) is 6.10 Å². The Balaban J connectivity index is 1.90. The van der Waals surface area contributed by atoms with Crippen LogP contribution in [0.3, 0.4) is 0 Å². The minimum atomic E-state index is -0.181. The molecule has 0 saturated carbocycles. The SMILES string of the molecule is CC(=O)Nc1cccc(N(CCC(=O)NCC2CCCO2)C(C)=O)c1. The Bertz CT molecular complexity index is 627. The number of carbonyl (C=O) groups excluding carboxylic acids is 3. The first-order valence-corrected chi connectivity index (χ1v) is 8.50. The molecule has 1 aliphatic rings. The smallest absolute Gasteiger partial charge is 0.223 e. The van der Waals surface area contributed by atoms with E-state index in [-0.39, 0.29) is 36.8 Å². The molecule has 1 saturated heterocycles. The molecule has 0 bridgehead atoms. The Morgan fingerprint density at radius 1 is 1.28 bits per heavy atom. The van der Waals surface area contributed by atoms with Gasteiger partial charge in [0.15, 0.2) is 0 Å². The summed E-state index contributed by atoms with van der Waals surface area (Å²) in [5.74, 6) is -0.452. The molecule has 1 aromatic rings. The van der Waals surface area contributed by atoms with Gasteiger partial charge in [0, 0.05) is 51.3 Å². The predicted molar refractivity (Wildman–Crippen MR) is 95.4 cm³/mol. The van der Waals surface area contributed by atoms with Crippen LogP contribution in [0.2, 0.25) is 0 Å². The molecule has 1 unspecified atom stereocenters. The average Bonchev–Trinajstić information content (AvgIpc) is 3.06. The van der Waals surface area contributed by atoms with E-state index in [4.69, 9.17) is 4.74 Å². The van der Waals surface area contributed by atoms with E-state index in [2.05, 4.69) is 10.6 Å². The average molecular weight is 347 g/mol. The van der Waals surface area contributed by atoms with Gasteiger partial charge < -0.3 is 20.3 Å². The van der Waals surface area contributed by atoms with Crippen molar-refractivity contribution < 1.29 is 19.1 Å². The number of nitrogens with one attached hydrogen (secondary N) is 2. The second-order valence-electron chi connectivity index (χ2n) is 6.09. The summed E-state index contributed by atoms with van der Waals surface area (Å²) in [5.41, 5.74) is 1.25. The summed E-state index contributed by atoms with van der Waals surface area (Å²) in [5, 5.41) is 5.53. The Kier molecular flexibility index (Phi) is 6.94. The molecule has 136 valence electrons. The molecule has 3 amide bonds. The van der Waals surface area contributed by atoms with Crippen LogP contribution in [-0.4, -0.2) is 43.5 Å². The lowest BCUT2D eigenvalue weighted by Gasteiger charge is -2.22. The van der Waals surface area contributed by atoms with Gasteiger partial charge in [0.1, 0.15) is 0 Å². The van der Waals surface area contributed by atoms with Crippen LogP contribution in [0.25, 0.3) is 0 Å². The molecule has 1 atom stereocenters. The Morgan fingerprint density at radius 2 is 2.08 bits per heavy atom. The maximum Gasteiger partial charge on any atom is 0.223 e. The first-order chi connectivity index (χ1) is 12.0. The molecule has 1 aliphatic heterocycles. The third kappa shape index (κ3) is 6.19. The van der Waals surface area contributed by atoms with Gasteiger partial charge >= 0.3 is 0 Å². The van der Waals surface area contributed by atoms with Crippen LogP contribution in [0.4, 0.5) is 11.4 Å². The molecule has 7 nitrogen and oxygen atoms in total. The van der Waals surface area contributed by atoms with Crippen LogP contribution in [0.5, 0.6) is 0 Å². The topological polar surface area (TPSA) is 87.7 Å². The fourth-order valence-corrected chi connectivity index (χ4v) is 2.76. The molecule has 0 aliphatic carbocycles. The largest absolute Gasteiger partial charge is 0.376 e. The van der Waals surface area contributed by atoms with Crippen molar-refractivity contribution in [1.82, 2.24) is 5.32 Å². The van der Waals surface area contributed by atoms with Gasteiger partial charge in [-0.15, -0.1) is 0 Å². The molecule has 1 fully saturated rings. The van der Waals surface area contributed by atoms with Crippen molar-refractivity contribution in [3.8, 4) is 0 Å². The summed E-state index contributed by atoms with van der Waals surface area (Å²) in [6.07, 6.45) is 2.30. The summed E-state index contributed by atoms with van der Waals surface area (Å²) in [7, 11) is 0. The number of hydrogen-bond acceptors (Lipinski definition) is 4. The molecule has 2 N–H and O–H groups in total. The summed E-state index contributed by atoms with van der Waals surface area (Å²) in [6.45, 7) is 4.42. The van der Waals surface area contributed by atoms with Gasteiger partial charge in [-0.2, -0.15) is 0 Å². The van der Waals surface area contributed by atoms with Crippen molar-refractivity contribution >= 4 is 29.1 Å². The molecule has 2 rings (SSSR count). The van der Waals surface area contributed by atoms with E-state index >= 15 is 0 Å². The first kappa shape index (κ1) is 18.9. The van der Waals surface area contributed by atoms with Crippen LogP contribution >= 0.6 is 0 Å². The van der Waals surface area contributed by atoms with Gasteiger partial charge in [0.25, 0.3) is 0 Å². The maximum atomic E-state index is 12.0. The molecule has 0 spiro atoms. The lowest BCUT2D eigenvalue weighted by Crippen LogP contribution is -2.36. The second kappa shape index (κ2) is 9.17. The van der Waals surface area contributed by atoms with E-state index in [1.807, 2.05) is 0 Å². The van der Waals surface area contributed by atoms with E-state index < -0.39 is 0 Å². The summed E-state index contributed by atoms with van der Waals surface area (Å²) in [4.78, 5) is 36.6. The van der Waals surface area contributed by atoms with Crippen molar-refractivity contribution in [1.29, 1.82) is 0 Å². The zero-order valence-corrected chi connectivity index (χ0v) is 14.7. The molecular formula is C18H25N3O4. The van der Waals surface area contributed by atoms with Crippen LogP contribution in [0.1, 0.15) is 33.1 Å². The zero-order valence-electron chi connectivity index (χ0n) is 14.7. The van der Waals surface area contributed by atoms with E-state index in [1.54, 1.807) is 24.3 Å². The van der Waals surface area contributed by atoms with Gasteiger partial charge in [-0.1, -0.05) is 6.07 Å². The normalized spacial score (nSPS) is 16.3. The van der Waals surface area contributed by atoms with Crippen molar-refractivity contribution in [2.24, 2.45) is 0 Å². The maximum absolute atomic E-state index is 12.0. The molecule has 25 heavy (non-hydrogen) atoms. The highest BCUT2D eigenvalue weighted by Gasteiger charge is 2.17. The van der Waals surface area contributed by atoms with E-state index in [1.165, 1.54) is 18.7 Å². The highest BCUT2D eigenvalue weighted by Crippen LogP contribution is 2.20. The molecular weight excluding hydrogens is 322 g/mol. The number of benzene rings is 1. The van der Waals surface area contributed by atoms with E-state index in [9.17, 15) is 14.4 Å². The lowest BCUT2D eigenvalue weighted by atomic mass is 10.2. The first-order valence-electron chi connectivity index (χ1n) is 8.50. The molecule has 0 radical (unpaired) electrons. The fourth-order valence-electron chi connectivity index (χ4n) is 2.76. The molecule has 1 heterocycles. The molecule has 0 aromatic heterocycles. The quantitative estimate of drug-likeness (QED) is 0.786. The lowest BCUT2D eigenvalue weighted by molar-refractivity contribution is -0.121. The number of nitrogens with zero attached hydrogens (tertiary/aromatic N) is 1. The number of rotatable bonds is 7. The Hall–Kier alpha value is -2.41. The standard InChI is InChI=1S/C18H25N3O4/c1-13(22)20-15-5-3-6-16(11-15)21(14(2)23)9-8-18(24)19-12-17-7-4-10-25-17/h3,5-6,11,17H,4,7-10,12H2,1-2H3,(H,19,24)(H,20,22). The highest BCUT2D eigenvalue weighted by molar-refractivity contribution is 5.94.